The number of rotatable bonds is 5. The van der Waals surface area contributed by atoms with Gasteiger partial charge in [0.25, 0.3) is 5.69 Å². The molecule has 1 atom stereocenters. The number of carbonyl (C=O) groups is 1. The number of nitrogens with zero attached hydrogens (tertiary/aromatic N) is 1. The van der Waals surface area contributed by atoms with Gasteiger partial charge in [-0.05, 0) is 26.8 Å². The average Bonchev–Trinajstić information content (AvgIpc) is 2.38. The maximum Gasteiger partial charge on any atom is 0.407 e. The summed E-state index contributed by atoms with van der Waals surface area (Å²) < 4.78 is 19.0. The van der Waals surface area contributed by atoms with E-state index in [1.807, 2.05) is 0 Å². The zero-order valence-electron chi connectivity index (χ0n) is 12.8. The Labute approximate surface area is 127 Å². The highest BCUT2D eigenvalue weighted by Crippen LogP contribution is 2.28. The van der Waals surface area contributed by atoms with Crippen LogP contribution in [0.4, 0.5) is 14.9 Å². The Bertz CT molecular complexity index is 558. The molecule has 0 fully saturated rings. The lowest BCUT2D eigenvalue weighted by Crippen LogP contribution is -2.36. The largest absolute Gasteiger partial charge is 0.444 e. The Morgan fingerprint density at radius 2 is 2.14 bits per heavy atom. The fourth-order valence-electron chi connectivity index (χ4n) is 1.91. The van der Waals surface area contributed by atoms with Crippen molar-refractivity contribution < 1.29 is 18.8 Å². The molecule has 0 aliphatic carbocycles. The Balaban J connectivity index is 2.90. The van der Waals surface area contributed by atoms with Crippen LogP contribution in [0.5, 0.6) is 0 Å². The predicted molar refractivity (Wildman–Crippen MR) is 79.1 cm³/mol. The van der Waals surface area contributed by atoms with Gasteiger partial charge in [-0.1, -0.05) is 6.07 Å². The number of nitrogens with two attached hydrogens (primary N) is 1. The molecule has 1 aromatic rings. The van der Waals surface area contributed by atoms with Gasteiger partial charge in [0.2, 0.25) is 0 Å². The van der Waals surface area contributed by atoms with Gasteiger partial charge < -0.3 is 15.8 Å². The molecule has 0 saturated carbocycles. The normalized spacial score (nSPS) is 12.6. The fourth-order valence-corrected chi connectivity index (χ4v) is 1.91. The van der Waals surface area contributed by atoms with E-state index in [1.54, 1.807) is 20.8 Å². The van der Waals surface area contributed by atoms with E-state index in [1.165, 1.54) is 12.1 Å². The molecular formula is C14H20FN3O4. The van der Waals surface area contributed by atoms with E-state index in [2.05, 4.69) is 5.32 Å². The van der Waals surface area contributed by atoms with Crippen LogP contribution in [0.2, 0.25) is 0 Å². The Morgan fingerprint density at radius 3 is 2.64 bits per heavy atom. The second-order valence-electron chi connectivity index (χ2n) is 5.75. The van der Waals surface area contributed by atoms with Crippen molar-refractivity contribution in [3.8, 4) is 0 Å². The minimum atomic E-state index is -0.728. The second-order valence-corrected chi connectivity index (χ2v) is 5.75. The molecule has 0 radical (unpaired) electrons. The summed E-state index contributed by atoms with van der Waals surface area (Å²) in [5.74, 6) is -1.45. The van der Waals surface area contributed by atoms with Crippen LogP contribution >= 0.6 is 0 Å². The number of nitro benzene ring substituents is 1. The van der Waals surface area contributed by atoms with E-state index in [-0.39, 0.29) is 24.3 Å². The number of benzene rings is 1. The van der Waals surface area contributed by atoms with Crippen molar-refractivity contribution in [2.45, 2.75) is 32.3 Å². The summed E-state index contributed by atoms with van der Waals surface area (Å²) in [5.41, 5.74) is 4.42. The third-order valence-electron chi connectivity index (χ3n) is 2.81. The molecule has 7 nitrogen and oxygen atoms in total. The molecule has 0 aromatic heterocycles. The third kappa shape index (κ3) is 4.96. The first-order chi connectivity index (χ1) is 10.2. The summed E-state index contributed by atoms with van der Waals surface area (Å²) in [5, 5.41) is 13.5. The maximum absolute atomic E-state index is 13.9. The van der Waals surface area contributed by atoms with Crippen molar-refractivity contribution in [1.82, 2.24) is 5.32 Å². The smallest absolute Gasteiger partial charge is 0.407 e. The summed E-state index contributed by atoms with van der Waals surface area (Å²) >= 11 is 0. The van der Waals surface area contributed by atoms with Crippen molar-refractivity contribution in [3.63, 3.8) is 0 Å². The van der Waals surface area contributed by atoms with Crippen LogP contribution < -0.4 is 11.1 Å². The van der Waals surface area contributed by atoms with Crippen molar-refractivity contribution in [3.05, 3.63) is 39.7 Å². The van der Waals surface area contributed by atoms with Crippen molar-refractivity contribution >= 4 is 11.8 Å². The van der Waals surface area contributed by atoms with Crippen LogP contribution in [0, 0.1) is 15.9 Å². The van der Waals surface area contributed by atoms with Gasteiger partial charge >= 0.3 is 6.09 Å². The van der Waals surface area contributed by atoms with Gasteiger partial charge in [-0.2, -0.15) is 0 Å². The number of carbonyl (C=O) groups excluding carboxylic acids is 1. The first-order valence-electron chi connectivity index (χ1n) is 6.75. The quantitative estimate of drug-likeness (QED) is 0.640. The van der Waals surface area contributed by atoms with Crippen LogP contribution in [-0.4, -0.2) is 29.7 Å². The summed E-state index contributed by atoms with van der Waals surface area (Å²) in [6.45, 7) is 4.99. The molecule has 0 bridgehead atoms. The topological polar surface area (TPSA) is 107 Å². The van der Waals surface area contributed by atoms with E-state index in [0.717, 1.165) is 6.07 Å². The molecule has 8 heteroatoms. The molecule has 0 heterocycles. The zero-order chi connectivity index (χ0) is 16.9. The van der Waals surface area contributed by atoms with E-state index in [9.17, 15) is 19.3 Å². The molecule has 0 saturated heterocycles. The van der Waals surface area contributed by atoms with Gasteiger partial charge in [-0.3, -0.25) is 10.1 Å². The highest BCUT2D eigenvalue weighted by atomic mass is 19.1. The van der Waals surface area contributed by atoms with Crippen molar-refractivity contribution in [2.24, 2.45) is 5.73 Å². The minimum Gasteiger partial charge on any atom is -0.444 e. The van der Waals surface area contributed by atoms with Crippen LogP contribution in [0.3, 0.4) is 0 Å². The van der Waals surface area contributed by atoms with Gasteiger partial charge in [0.1, 0.15) is 11.4 Å². The molecule has 1 aromatic carbocycles. The number of ether oxygens (including phenoxy) is 1. The van der Waals surface area contributed by atoms with E-state index < -0.39 is 28.4 Å². The fraction of sp³-hybridized carbons (Fsp3) is 0.500. The van der Waals surface area contributed by atoms with Gasteiger partial charge in [0, 0.05) is 25.1 Å². The van der Waals surface area contributed by atoms with Gasteiger partial charge in [0.05, 0.1) is 10.5 Å². The van der Waals surface area contributed by atoms with Gasteiger partial charge in [-0.25, -0.2) is 9.18 Å². The monoisotopic (exact) mass is 313 g/mol. The first-order valence-corrected chi connectivity index (χ1v) is 6.75. The number of hydrogen-bond donors (Lipinski definition) is 2. The molecule has 22 heavy (non-hydrogen) atoms. The SMILES string of the molecule is CC(C)(C)OC(=O)NCC(CN)c1c(F)cccc1[N+](=O)[O-]. The Kier molecular flexibility index (Phi) is 5.81. The molecule has 0 aliphatic heterocycles. The minimum absolute atomic E-state index is 0.0580. The standard InChI is InChI=1S/C14H20FN3O4/c1-14(2,3)22-13(19)17-8-9(7-16)12-10(15)5-4-6-11(12)18(20)21/h4-6,9H,7-8,16H2,1-3H3,(H,17,19). The van der Waals surface area contributed by atoms with Crippen molar-refractivity contribution in [2.75, 3.05) is 13.1 Å². The maximum atomic E-state index is 13.9. The summed E-state index contributed by atoms with van der Waals surface area (Å²) in [6, 6.07) is 3.58. The van der Waals surface area contributed by atoms with Crippen LogP contribution in [0.25, 0.3) is 0 Å². The van der Waals surface area contributed by atoms with Gasteiger partial charge in [-0.15, -0.1) is 0 Å². The summed E-state index contributed by atoms with van der Waals surface area (Å²) in [7, 11) is 0. The van der Waals surface area contributed by atoms with Crippen LogP contribution in [-0.2, 0) is 4.74 Å². The summed E-state index contributed by atoms with van der Waals surface area (Å²) in [6.07, 6.45) is -0.690. The Morgan fingerprint density at radius 1 is 1.50 bits per heavy atom. The molecule has 3 N–H and O–H groups in total. The lowest BCUT2D eigenvalue weighted by atomic mass is 9.96. The highest BCUT2D eigenvalue weighted by Gasteiger charge is 2.26. The number of alkyl carbamates (subject to hydrolysis) is 1. The van der Waals surface area contributed by atoms with Crippen LogP contribution in [0.1, 0.15) is 32.3 Å². The molecule has 122 valence electrons. The Hall–Kier alpha value is -2.22. The molecule has 1 rings (SSSR count). The first kappa shape index (κ1) is 17.8. The van der Waals surface area contributed by atoms with Crippen molar-refractivity contribution in [1.29, 1.82) is 0 Å². The summed E-state index contributed by atoms with van der Waals surface area (Å²) in [4.78, 5) is 21.9. The molecule has 0 spiro atoms. The number of amides is 1. The van der Waals surface area contributed by atoms with E-state index >= 15 is 0 Å². The van der Waals surface area contributed by atoms with Gasteiger partial charge in [0.15, 0.2) is 0 Å². The third-order valence-corrected chi connectivity index (χ3v) is 2.81. The number of halogens is 1. The molecule has 1 unspecified atom stereocenters. The highest BCUT2D eigenvalue weighted by molar-refractivity contribution is 5.67. The average molecular weight is 313 g/mol. The van der Waals surface area contributed by atoms with E-state index in [0.29, 0.717) is 0 Å². The number of hydrogen-bond acceptors (Lipinski definition) is 5. The molecule has 1 amide bonds. The van der Waals surface area contributed by atoms with E-state index in [4.69, 9.17) is 10.5 Å². The number of nitrogens with one attached hydrogen (secondary N) is 1. The second kappa shape index (κ2) is 7.17. The predicted octanol–water partition coefficient (Wildman–Crippen LogP) is 2.30. The molecule has 0 aliphatic rings. The zero-order valence-corrected chi connectivity index (χ0v) is 12.8. The lowest BCUT2D eigenvalue weighted by Gasteiger charge is -2.21. The number of nitro groups is 1. The molecular weight excluding hydrogens is 293 g/mol. The van der Waals surface area contributed by atoms with Crippen LogP contribution in [0.15, 0.2) is 18.2 Å². The lowest BCUT2D eigenvalue weighted by molar-refractivity contribution is -0.385.